The molecule has 142 valence electrons. The van der Waals surface area contributed by atoms with Crippen molar-refractivity contribution in [2.45, 2.75) is 23.0 Å². The van der Waals surface area contributed by atoms with Crippen molar-refractivity contribution in [1.82, 2.24) is 14.4 Å². The van der Waals surface area contributed by atoms with E-state index in [2.05, 4.69) is 10.1 Å². The molecule has 27 heavy (non-hydrogen) atoms. The van der Waals surface area contributed by atoms with Gasteiger partial charge < -0.3 is 9.26 Å². The lowest BCUT2D eigenvalue weighted by Crippen LogP contribution is -2.38. The summed E-state index contributed by atoms with van der Waals surface area (Å²) in [6, 6.07) is 10.8. The van der Waals surface area contributed by atoms with Gasteiger partial charge in [-0.15, -0.1) is 11.3 Å². The number of hydrogen-bond acceptors (Lipinski definition) is 7. The highest BCUT2D eigenvalue weighted by molar-refractivity contribution is 7.91. The fraction of sp³-hybridized carbons (Fsp3) is 0.333. The van der Waals surface area contributed by atoms with Crippen LogP contribution in [0.3, 0.4) is 0 Å². The topological polar surface area (TPSA) is 85.5 Å². The highest BCUT2D eigenvalue weighted by atomic mass is 32.2. The summed E-state index contributed by atoms with van der Waals surface area (Å²) in [7, 11) is -1.87. The Bertz CT molecular complexity index is 1010. The third-order valence-electron chi connectivity index (χ3n) is 4.59. The highest BCUT2D eigenvalue weighted by Gasteiger charge is 2.33. The molecule has 7 nitrogen and oxygen atoms in total. The van der Waals surface area contributed by atoms with Crippen molar-refractivity contribution < 1.29 is 17.7 Å². The largest absolute Gasteiger partial charge is 0.497 e. The van der Waals surface area contributed by atoms with Crippen LogP contribution in [0.4, 0.5) is 0 Å². The Kier molecular flexibility index (Phi) is 4.98. The standard InChI is InChI=1S/C18H19N3O4S2/c1-24-15-7-2-5-13(11-15)17-19-18(25-20-17)14-6-3-9-21(12-14)27(22,23)16-8-4-10-26-16/h2,4-5,7-8,10-11,14H,3,6,9,12H2,1H3/t14-/m1/s1. The van der Waals surface area contributed by atoms with Crippen LogP contribution < -0.4 is 4.74 Å². The average molecular weight is 406 g/mol. The van der Waals surface area contributed by atoms with E-state index >= 15 is 0 Å². The van der Waals surface area contributed by atoms with Crippen molar-refractivity contribution in [2.24, 2.45) is 0 Å². The zero-order valence-corrected chi connectivity index (χ0v) is 16.4. The van der Waals surface area contributed by atoms with E-state index in [1.165, 1.54) is 15.6 Å². The molecule has 3 heterocycles. The van der Waals surface area contributed by atoms with Gasteiger partial charge in [-0.2, -0.15) is 9.29 Å². The average Bonchev–Trinajstić information content (AvgIpc) is 3.40. The van der Waals surface area contributed by atoms with Crippen LogP contribution in [0.25, 0.3) is 11.4 Å². The third-order valence-corrected chi connectivity index (χ3v) is 7.83. The van der Waals surface area contributed by atoms with Crippen LogP contribution in [0.1, 0.15) is 24.7 Å². The van der Waals surface area contributed by atoms with Crippen LogP contribution in [0.5, 0.6) is 5.75 Å². The van der Waals surface area contributed by atoms with Gasteiger partial charge in [0.05, 0.1) is 13.0 Å². The Morgan fingerprint density at radius 3 is 2.96 bits per heavy atom. The van der Waals surface area contributed by atoms with Crippen LogP contribution in [-0.2, 0) is 10.0 Å². The molecule has 1 fully saturated rings. The van der Waals surface area contributed by atoms with Crippen molar-refractivity contribution >= 4 is 21.4 Å². The molecule has 0 unspecified atom stereocenters. The van der Waals surface area contributed by atoms with Gasteiger partial charge in [-0.25, -0.2) is 8.42 Å². The van der Waals surface area contributed by atoms with Crippen LogP contribution in [0, 0.1) is 0 Å². The van der Waals surface area contributed by atoms with Gasteiger partial charge in [0.2, 0.25) is 11.7 Å². The van der Waals surface area contributed by atoms with E-state index in [1.807, 2.05) is 24.3 Å². The number of piperidine rings is 1. The lowest BCUT2D eigenvalue weighted by molar-refractivity contribution is 0.266. The molecule has 1 aromatic carbocycles. The number of methoxy groups -OCH3 is 1. The number of ether oxygens (including phenoxy) is 1. The predicted molar refractivity (Wildman–Crippen MR) is 101 cm³/mol. The van der Waals surface area contributed by atoms with Gasteiger partial charge in [-0.05, 0) is 36.4 Å². The fourth-order valence-electron chi connectivity index (χ4n) is 3.18. The zero-order chi connectivity index (χ0) is 18.9. The highest BCUT2D eigenvalue weighted by Crippen LogP contribution is 2.32. The summed E-state index contributed by atoms with van der Waals surface area (Å²) in [5, 5.41) is 5.84. The summed E-state index contributed by atoms with van der Waals surface area (Å²) in [5.41, 5.74) is 0.795. The van der Waals surface area contributed by atoms with Gasteiger partial charge >= 0.3 is 0 Å². The first kappa shape index (κ1) is 18.1. The van der Waals surface area contributed by atoms with Crippen LogP contribution >= 0.6 is 11.3 Å². The van der Waals surface area contributed by atoms with Crippen LogP contribution in [0.15, 0.2) is 50.5 Å². The summed E-state index contributed by atoms with van der Waals surface area (Å²) >= 11 is 1.23. The first-order chi connectivity index (χ1) is 13.1. The lowest BCUT2D eigenvalue weighted by atomic mass is 10.00. The number of benzene rings is 1. The molecule has 0 aliphatic carbocycles. The lowest BCUT2D eigenvalue weighted by Gasteiger charge is -2.29. The number of rotatable bonds is 5. The van der Waals surface area contributed by atoms with Crippen molar-refractivity contribution in [2.75, 3.05) is 20.2 Å². The third kappa shape index (κ3) is 3.62. The summed E-state index contributed by atoms with van der Waals surface area (Å²) in [6.45, 7) is 0.855. The van der Waals surface area contributed by atoms with Crippen molar-refractivity contribution in [3.8, 4) is 17.1 Å². The predicted octanol–water partition coefficient (Wildman–Crippen LogP) is 3.38. The van der Waals surface area contributed by atoms with E-state index in [0.29, 0.717) is 34.8 Å². The van der Waals surface area contributed by atoms with Gasteiger partial charge in [0.1, 0.15) is 9.96 Å². The van der Waals surface area contributed by atoms with E-state index < -0.39 is 10.0 Å². The minimum atomic E-state index is -3.47. The molecule has 0 bridgehead atoms. The first-order valence-corrected chi connectivity index (χ1v) is 10.9. The molecule has 0 N–H and O–H groups in total. The molecular weight excluding hydrogens is 386 g/mol. The quantitative estimate of drug-likeness (QED) is 0.647. The maximum Gasteiger partial charge on any atom is 0.252 e. The van der Waals surface area contributed by atoms with Crippen molar-refractivity contribution in [1.29, 1.82) is 0 Å². The molecule has 1 saturated heterocycles. The van der Waals surface area contributed by atoms with Gasteiger partial charge in [-0.1, -0.05) is 23.4 Å². The summed E-state index contributed by atoms with van der Waals surface area (Å²) in [6.07, 6.45) is 1.57. The monoisotopic (exact) mass is 405 g/mol. The number of sulfonamides is 1. The molecule has 0 amide bonds. The molecule has 2 aromatic heterocycles. The molecule has 9 heteroatoms. The second-order valence-electron chi connectivity index (χ2n) is 6.32. The Morgan fingerprint density at radius 1 is 1.30 bits per heavy atom. The van der Waals surface area contributed by atoms with Gasteiger partial charge in [-0.3, -0.25) is 0 Å². The van der Waals surface area contributed by atoms with Crippen LogP contribution in [-0.4, -0.2) is 43.1 Å². The molecule has 0 saturated carbocycles. The maximum atomic E-state index is 12.8. The minimum absolute atomic E-state index is 0.111. The molecule has 3 aromatic rings. The maximum absolute atomic E-state index is 12.8. The van der Waals surface area contributed by atoms with E-state index in [-0.39, 0.29) is 5.92 Å². The molecule has 1 aliphatic heterocycles. The second-order valence-corrected chi connectivity index (χ2v) is 9.43. The van der Waals surface area contributed by atoms with Gasteiger partial charge in [0, 0.05) is 18.7 Å². The van der Waals surface area contributed by atoms with Gasteiger partial charge in [0.15, 0.2) is 0 Å². The molecular formula is C18H19N3O4S2. The Balaban J connectivity index is 1.55. The van der Waals surface area contributed by atoms with E-state index in [4.69, 9.17) is 9.26 Å². The molecule has 0 radical (unpaired) electrons. The van der Waals surface area contributed by atoms with E-state index in [0.717, 1.165) is 18.4 Å². The number of hydrogen-bond donors (Lipinski definition) is 0. The zero-order valence-electron chi connectivity index (χ0n) is 14.7. The molecule has 1 aliphatic rings. The fourth-order valence-corrected chi connectivity index (χ4v) is 5.85. The Hall–Kier alpha value is -2.23. The Morgan fingerprint density at radius 2 is 2.19 bits per heavy atom. The van der Waals surface area contributed by atoms with Gasteiger partial charge in [0.25, 0.3) is 10.0 Å². The minimum Gasteiger partial charge on any atom is -0.497 e. The summed E-state index contributed by atoms with van der Waals surface area (Å²) in [5.74, 6) is 1.55. The summed E-state index contributed by atoms with van der Waals surface area (Å²) < 4.78 is 38.1. The Labute approximate surface area is 161 Å². The first-order valence-electron chi connectivity index (χ1n) is 8.59. The van der Waals surface area contributed by atoms with E-state index in [9.17, 15) is 8.42 Å². The number of nitrogens with zero attached hydrogens (tertiary/aromatic N) is 3. The van der Waals surface area contributed by atoms with Crippen LogP contribution in [0.2, 0.25) is 0 Å². The normalized spacial score (nSPS) is 18.5. The molecule has 1 atom stereocenters. The SMILES string of the molecule is COc1cccc(-c2noc([C@@H]3CCCN(S(=O)(=O)c4cccs4)C3)n2)c1. The second kappa shape index (κ2) is 7.41. The van der Waals surface area contributed by atoms with E-state index in [1.54, 1.807) is 24.6 Å². The number of thiophene rings is 1. The molecule has 0 spiro atoms. The van der Waals surface area contributed by atoms with Crippen molar-refractivity contribution in [3.63, 3.8) is 0 Å². The molecule has 4 rings (SSSR count). The number of aromatic nitrogens is 2. The summed E-state index contributed by atoms with van der Waals surface area (Å²) in [4.78, 5) is 4.51. The smallest absolute Gasteiger partial charge is 0.252 e. The van der Waals surface area contributed by atoms with Crippen molar-refractivity contribution in [3.05, 3.63) is 47.7 Å².